The minimum absolute atomic E-state index is 0.204. The predicted molar refractivity (Wildman–Crippen MR) is 76.6 cm³/mol. The third-order valence-corrected chi connectivity index (χ3v) is 3.00. The second-order valence-corrected chi connectivity index (χ2v) is 4.68. The Labute approximate surface area is 119 Å². The lowest BCUT2D eigenvalue weighted by molar-refractivity contribution is 0.162. The highest BCUT2D eigenvalue weighted by Crippen LogP contribution is 2.08. The maximum absolute atomic E-state index is 5.30. The van der Waals surface area contributed by atoms with Crippen molar-refractivity contribution in [1.82, 2.24) is 15.5 Å². The number of hydrogen-bond acceptors (Lipinski definition) is 5. The highest BCUT2D eigenvalue weighted by atomic mass is 16.5. The van der Waals surface area contributed by atoms with Crippen molar-refractivity contribution in [2.45, 2.75) is 25.8 Å². The monoisotopic (exact) mass is 275 g/mol. The lowest BCUT2D eigenvalue weighted by atomic mass is 10.1. The number of aromatic nitrogens is 2. The van der Waals surface area contributed by atoms with Gasteiger partial charge in [0.15, 0.2) is 5.82 Å². The van der Waals surface area contributed by atoms with E-state index in [1.165, 1.54) is 5.56 Å². The van der Waals surface area contributed by atoms with Crippen LogP contribution in [0.25, 0.3) is 0 Å². The molecule has 108 valence electrons. The van der Waals surface area contributed by atoms with Gasteiger partial charge in [-0.1, -0.05) is 42.4 Å². The Bertz CT molecular complexity index is 493. The van der Waals surface area contributed by atoms with Crippen molar-refractivity contribution in [3.8, 4) is 0 Å². The molecule has 1 aromatic carbocycles. The largest absolute Gasteiger partial charge is 0.383 e. The number of rotatable bonds is 8. The second-order valence-electron chi connectivity index (χ2n) is 4.68. The summed E-state index contributed by atoms with van der Waals surface area (Å²) in [7, 11) is 1.69. The summed E-state index contributed by atoms with van der Waals surface area (Å²) < 4.78 is 10.5. The van der Waals surface area contributed by atoms with E-state index in [4.69, 9.17) is 9.26 Å². The molecule has 2 rings (SSSR count). The first-order chi connectivity index (χ1) is 9.81. The number of hydrogen-bond donors (Lipinski definition) is 1. The summed E-state index contributed by atoms with van der Waals surface area (Å²) in [6.07, 6.45) is 1.38. The van der Waals surface area contributed by atoms with E-state index in [1.807, 2.05) is 18.2 Å². The molecule has 1 unspecified atom stereocenters. The zero-order valence-electron chi connectivity index (χ0n) is 12.0. The molecule has 0 fully saturated rings. The Morgan fingerprint density at radius 1 is 1.30 bits per heavy atom. The molecular formula is C15H21N3O2. The SMILES string of the molecule is CCNC(COC)Cc1nc(Cc2ccccc2)no1. The third kappa shape index (κ3) is 4.43. The van der Waals surface area contributed by atoms with E-state index >= 15 is 0 Å². The Balaban J connectivity index is 1.94. The molecule has 0 amide bonds. The number of likely N-dealkylation sites (N-methyl/N-ethyl adjacent to an activating group) is 1. The highest BCUT2D eigenvalue weighted by molar-refractivity contribution is 5.18. The number of methoxy groups -OCH3 is 1. The molecule has 0 radical (unpaired) electrons. The van der Waals surface area contributed by atoms with E-state index < -0.39 is 0 Å². The standard InChI is InChI=1S/C15H21N3O2/c1-3-16-13(11-19-2)10-15-17-14(18-20-15)9-12-7-5-4-6-8-12/h4-8,13,16H,3,9-11H2,1-2H3. The first-order valence-electron chi connectivity index (χ1n) is 6.89. The zero-order valence-corrected chi connectivity index (χ0v) is 12.0. The maximum atomic E-state index is 5.30. The van der Waals surface area contributed by atoms with Crippen molar-refractivity contribution >= 4 is 0 Å². The van der Waals surface area contributed by atoms with Crippen LogP contribution in [-0.2, 0) is 17.6 Å². The van der Waals surface area contributed by atoms with E-state index in [1.54, 1.807) is 7.11 Å². The average Bonchev–Trinajstić information content (AvgIpc) is 2.88. The minimum atomic E-state index is 0.204. The molecule has 5 heteroatoms. The van der Waals surface area contributed by atoms with Gasteiger partial charge in [-0.2, -0.15) is 4.98 Å². The van der Waals surface area contributed by atoms with Crippen LogP contribution in [0.3, 0.4) is 0 Å². The zero-order chi connectivity index (χ0) is 14.2. The normalized spacial score (nSPS) is 12.5. The lowest BCUT2D eigenvalue weighted by Gasteiger charge is -2.14. The second kappa shape index (κ2) is 7.77. The highest BCUT2D eigenvalue weighted by Gasteiger charge is 2.14. The van der Waals surface area contributed by atoms with Crippen LogP contribution < -0.4 is 5.32 Å². The van der Waals surface area contributed by atoms with Gasteiger partial charge in [0.05, 0.1) is 6.61 Å². The van der Waals surface area contributed by atoms with Gasteiger partial charge in [-0.3, -0.25) is 0 Å². The molecule has 1 atom stereocenters. The lowest BCUT2D eigenvalue weighted by Crippen LogP contribution is -2.35. The van der Waals surface area contributed by atoms with Crippen LogP contribution in [0.1, 0.15) is 24.2 Å². The Hall–Kier alpha value is -1.72. The molecular weight excluding hydrogens is 254 g/mol. The molecule has 0 saturated carbocycles. The van der Waals surface area contributed by atoms with Crippen molar-refractivity contribution < 1.29 is 9.26 Å². The van der Waals surface area contributed by atoms with Gasteiger partial charge in [0.1, 0.15) is 0 Å². The molecule has 20 heavy (non-hydrogen) atoms. The average molecular weight is 275 g/mol. The molecule has 0 saturated heterocycles. The summed E-state index contributed by atoms with van der Waals surface area (Å²) >= 11 is 0. The van der Waals surface area contributed by atoms with Crippen molar-refractivity contribution in [1.29, 1.82) is 0 Å². The quantitative estimate of drug-likeness (QED) is 0.796. The first-order valence-corrected chi connectivity index (χ1v) is 6.89. The minimum Gasteiger partial charge on any atom is -0.383 e. The van der Waals surface area contributed by atoms with Gasteiger partial charge in [-0.15, -0.1) is 0 Å². The van der Waals surface area contributed by atoms with Crippen molar-refractivity contribution in [2.75, 3.05) is 20.3 Å². The van der Waals surface area contributed by atoms with E-state index in [9.17, 15) is 0 Å². The Morgan fingerprint density at radius 3 is 2.80 bits per heavy atom. The third-order valence-electron chi connectivity index (χ3n) is 3.00. The van der Waals surface area contributed by atoms with Crippen molar-refractivity contribution in [2.24, 2.45) is 0 Å². The van der Waals surface area contributed by atoms with Crippen LogP contribution in [0, 0.1) is 0 Å². The first kappa shape index (κ1) is 14.7. The Kier molecular flexibility index (Phi) is 5.70. The van der Waals surface area contributed by atoms with Gasteiger partial charge in [-0.05, 0) is 12.1 Å². The number of nitrogens with zero attached hydrogens (tertiary/aromatic N) is 2. The fourth-order valence-electron chi connectivity index (χ4n) is 2.11. The molecule has 0 aliphatic rings. The van der Waals surface area contributed by atoms with E-state index in [0.717, 1.165) is 12.4 Å². The molecule has 5 nitrogen and oxygen atoms in total. The van der Waals surface area contributed by atoms with Gasteiger partial charge in [0.25, 0.3) is 0 Å². The van der Waals surface area contributed by atoms with E-state index in [2.05, 4.69) is 34.5 Å². The molecule has 1 aromatic heterocycles. The fourth-order valence-corrected chi connectivity index (χ4v) is 2.11. The summed E-state index contributed by atoms with van der Waals surface area (Å²) in [5.74, 6) is 1.37. The van der Waals surface area contributed by atoms with Gasteiger partial charge < -0.3 is 14.6 Å². The summed E-state index contributed by atoms with van der Waals surface area (Å²) in [5, 5.41) is 7.37. The summed E-state index contributed by atoms with van der Waals surface area (Å²) in [6.45, 7) is 3.58. The maximum Gasteiger partial charge on any atom is 0.228 e. The summed E-state index contributed by atoms with van der Waals surface area (Å²) in [5.41, 5.74) is 1.18. The number of ether oxygens (including phenoxy) is 1. The van der Waals surface area contributed by atoms with Gasteiger partial charge in [0.2, 0.25) is 5.89 Å². The molecule has 1 N–H and O–H groups in total. The van der Waals surface area contributed by atoms with Crippen molar-refractivity contribution in [3.05, 3.63) is 47.6 Å². The van der Waals surface area contributed by atoms with Crippen LogP contribution in [0.15, 0.2) is 34.9 Å². The molecule has 0 spiro atoms. The molecule has 0 aliphatic carbocycles. The summed E-state index contributed by atoms with van der Waals surface area (Å²) in [4.78, 5) is 4.44. The molecule has 0 bridgehead atoms. The molecule has 2 aromatic rings. The summed E-state index contributed by atoms with van der Waals surface area (Å²) in [6, 6.07) is 10.3. The number of benzene rings is 1. The number of nitrogens with one attached hydrogen (secondary N) is 1. The molecule has 1 heterocycles. The van der Waals surface area contributed by atoms with Gasteiger partial charge in [-0.25, -0.2) is 0 Å². The van der Waals surface area contributed by atoms with Crippen LogP contribution in [-0.4, -0.2) is 36.4 Å². The van der Waals surface area contributed by atoms with Gasteiger partial charge >= 0.3 is 0 Å². The van der Waals surface area contributed by atoms with Crippen LogP contribution in [0.2, 0.25) is 0 Å². The van der Waals surface area contributed by atoms with E-state index in [-0.39, 0.29) is 6.04 Å². The van der Waals surface area contributed by atoms with Crippen molar-refractivity contribution in [3.63, 3.8) is 0 Å². The van der Waals surface area contributed by atoms with Crippen LogP contribution in [0.5, 0.6) is 0 Å². The van der Waals surface area contributed by atoms with E-state index in [0.29, 0.717) is 25.3 Å². The Morgan fingerprint density at radius 2 is 2.10 bits per heavy atom. The van der Waals surface area contributed by atoms with Crippen LogP contribution in [0.4, 0.5) is 0 Å². The molecule has 0 aliphatic heterocycles. The predicted octanol–water partition coefficient (Wildman–Crippen LogP) is 1.83. The fraction of sp³-hybridized carbons (Fsp3) is 0.467. The van der Waals surface area contributed by atoms with Crippen LogP contribution >= 0.6 is 0 Å². The van der Waals surface area contributed by atoms with Gasteiger partial charge in [0, 0.05) is 26.0 Å². The topological polar surface area (TPSA) is 60.2 Å². The smallest absolute Gasteiger partial charge is 0.228 e.